The van der Waals surface area contributed by atoms with E-state index >= 15 is 0 Å². The number of hydrogen-bond donors (Lipinski definition) is 2. The Kier molecular flexibility index (Phi) is 9.52. The topological polar surface area (TPSA) is 39.7 Å². The molecule has 5 heteroatoms. The Morgan fingerprint density at radius 2 is 1.64 bits per heavy atom. The average molecular weight is 452 g/mol. The molecule has 2 aromatic rings. The number of aliphatic imine (C=N–C) groups is 1. The largest absolute Gasteiger partial charge is 0.352 e. The molecule has 0 fully saturated rings. The molecule has 0 aliphatic carbocycles. The van der Waals surface area contributed by atoms with Crippen molar-refractivity contribution in [3.8, 4) is 0 Å². The molecule has 0 aliphatic rings. The molecular formula is C20H29IN4. The number of hydrogen-bond acceptors (Lipinski definition) is 2. The Balaban J connectivity index is 0.00000312. The van der Waals surface area contributed by atoms with Gasteiger partial charge in [0.1, 0.15) is 0 Å². The molecule has 0 atom stereocenters. The summed E-state index contributed by atoms with van der Waals surface area (Å²) in [6.07, 6.45) is 0. The molecule has 4 nitrogen and oxygen atoms in total. The zero-order chi connectivity index (χ0) is 17.4. The van der Waals surface area contributed by atoms with Gasteiger partial charge in [-0.15, -0.1) is 24.0 Å². The molecule has 0 saturated heterocycles. The summed E-state index contributed by atoms with van der Waals surface area (Å²) in [5.74, 6) is 0.816. The molecule has 0 spiro atoms. The molecule has 0 aliphatic heterocycles. The van der Waals surface area contributed by atoms with E-state index in [0.717, 1.165) is 25.6 Å². The third-order valence-corrected chi connectivity index (χ3v) is 3.88. The maximum atomic E-state index is 4.30. The second-order valence-corrected chi connectivity index (χ2v) is 6.26. The summed E-state index contributed by atoms with van der Waals surface area (Å²) in [6.45, 7) is 4.61. The predicted octanol–water partition coefficient (Wildman–Crippen LogP) is 3.54. The van der Waals surface area contributed by atoms with Crippen LogP contribution < -0.4 is 10.6 Å². The lowest BCUT2D eigenvalue weighted by Crippen LogP contribution is -2.36. The molecular weight excluding hydrogens is 423 g/mol. The lowest BCUT2D eigenvalue weighted by Gasteiger charge is -2.14. The highest BCUT2D eigenvalue weighted by atomic mass is 127. The number of rotatable bonds is 6. The molecule has 0 heterocycles. The molecule has 0 bridgehead atoms. The SMILES string of the molecule is CN=C(NCc1cccc(CN(C)C)c1)NCc1ccccc1C.I. The van der Waals surface area contributed by atoms with Crippen LogP contribution in [0, 0.1) is 6.92 Å². The van der Waals surface area contributed by atoms with Gasteiger partial charge in [0, 0.05) is 26.7 Å². The minimum Gasteiger partial charge on any atom is -0.352 e. The van der Waals surface area contributed by atoms with Crippen LogP contribution in [0.1, 0.15) is 22.3 Å². The molecule has 136 valence electrons. The van der Waals surface area contributed by atoms with Crippen LogP contribution in [0.4, 0.5) is 0 Å². The number of nitrogens with zero attached hydrogens (tertiary/aromatic N) is 2. The van der Waals surface area contributed by atoms with E-state index in [2.05, 4.69) is 90.1 Å². The van der Waals surface area contributed by atoms with E-state index in [1.165, 1.54) is 22.3 Å². The normalized spacial score (nSPS) is 11.2. The Morgan fingerprint density at radius 3 is 2.32 bits per heavy atom. The van der Waals surface area contributed by atoms with Crippen molar-refractivity contribution in [1.82, 2.24) is 15.5 Å². The fourth-order valence-electron chi connectivity index (χ4n) is 2.60. The van der Waals surface area contributed by atoms with Crippen LogP contribution in [0.5, 0.6) is 0 Å². The van der Waals surface area contributed by atoms with Crippen LogP contribution in [0.3, 0.4) is 0 Å². The van der Waals surface area contributed by atoms with Crippen molar-refractivity contribution in [3.05, 3.63) is 70.8 Å². The van der Waals surface area contributed by atoms with Crippen LogP contribution in [0.25, 0.3) is 0 Å². The quantitative estimate of drug-likeness (QED) is 0.400. The number of aryl methyl sites for hydroxylation is 1. The average Bonchev–Trinajstić information content (AvgIpc) is 2.56. The van der Waals surface area contributed by atoms with Gasteiger partial charge in [-0.2, -0.15) is 0 Å². The molecule has 25 heavy (non-hydrogen) atoms. The summed E-state index contributed by atoms with van der Waals surface area (Å²) >= 11 is 0. The third kappa shape index (κ3) is 7.44. The van der Waals surface area contributed by atoms with Gasteiger partial charge in [-0.25, -0.2) is 0 Å². The maximum absolute atomic E-state index is 4.30. The van der Waals surface area contributed by atoms with Crippen molar-refractivity contribution in [2.45, 2.75) is 26.6 Å². The van der Waals surface area contributed by atoms with Crippen LogP contribution >= 0.6 is 24.0 Å². The van der Waals surface area contributed by atoms with Gasteiger partial charge in [-0.05, 0) is 43.3 Å². The molecule has 2 rings (SSSR count). The van der Waals surface area contributed by atoms with Crippen molar-refractivity contribution in [3.63, 3.8) is 0 Å². The van der Waals surface area contributed by atoms with Gasteiger partial charge in [-0.3, -0.25) is 4.99 Å². The van der Waals surface area contributed by atoms with E-state index in [0.29, 0.717) is 0 Å². The molecule has 2 aromatic carbocycles. The standard InChI is InChI=1S/C20H28N4.HI/c1-16-8-5-6-11-19(16)14-23-20(21-2)22-13-17-9-7-10-18(12-17)15-24(3)4;/h5-12H,13-15H2,1-4H3,(H2,21,22,23);1H. The smallest absolute Gasteiger partial charge is 0.191 e. The highest BCUT2D eigenvalue weighted by Crippen LogP contribution is 2.08. The van der Waals surface area contributed by atoms with E-state index < -0.39 is 0 Å². The van der Waals surface area contributed by atoms with Gasteiger partial charge in [0.15, 0.2) is 5.96 Å². The first-order chi connectivity index (χ1) is 11.6. The van der Waals surface area contributed by atoms with Crippen molar-refractivity contribution < 1.29 is 0 Å². The number of benzene rings is 2. The monoisotopic (exact) mass is 452 g/mol. The first-order valence-corrected chi connectivity index (χ1v) is 8.30. The number of guanidine groups is 1. The maximum Gasteiger partial charge on any atom is 0.191 e. The van der Waals surface area contributed by atoms with Crippen LogP contribution in [-0.2, 0) is 19.6 Å². The Labute approximate surface area is 168 Å². The molecule has 0 radical (unpaired) electrons. The summed E-state index contributed by atoms with van der Waals surface area (Å²) in [7, 11) is 5.97. The van der Waals surface area contributed by atoms with Crippen molar-refractivity contribution in [2.24, 2.45) is 4.99 Å². The highest BCUT2D eigenvalue weighted by molar-refractivity contribution is 14.0. The zero-order valence-corrected chi connectivity index (χ0v) is 17.9. The molecule has 0 unspecified atom stereocenters. The van der Waals surface area contributed by atoms with E-state index in [1.807, 2.05) is 0 Å². The number of halogens is 1. The molecule has 0 saturated carbocycles. The van der Waals surface area contributed by atoms with Crippen LogP contribution in [0.2, 0.25) is 0 Å². The summed E-state index contributed by atoms with van der Waals surface area (Å²) in [5.41, 5.74) is 5.15. The van der Waals surface area contributed by atoms with Crippen LogP contribution in [0.15, 0.2) is 53.5 Å². The van der Waals surface area contributed by atoms with Crippen molar-refractivity contribution in [1.29, 1.82) is 0 Å². The number of nitrogens with one attached hydrogen (secondary N) is 2. The van der Waals surface area contributed by atoms with E-state index in [-0.39, 0.29) is 24.0 Å². The summed E-state index contributed by atoms with van der Waals surface area (Å²) < 4.78 is 0. The predicted molar refractivity (Wildman–Crippen MR) is 117 cm³/mol. The molecule has 0 amide bonds. The summed E-state index contributed by atoms with van der Waals surface area (Å²) in [5, 5.41) is 6.76. The second-order valence-electron chi connectivity index (χ2n) is 6.26. The van der Waals surface area contributed by atoms with E-state index in [1.54, 1.807) is 7.05 Å². The Bertz CT molecular complexity index is 683. The summed E-state index contributed by atoms with van der Waals surface area (Å²) in [6, 6.07) is 17.0. The molecule has 0 aromatic heterocycles. The van der Waals surface area contributed by atoms with Gasteiger partial charge in [0.2, 0.25) is 0 Å². The van der Waals surface area contributed by atoms with Gasteiger partial charge >= 0.3 is 0 Å². The lowest BCUT2D eigenvalue weighted by atomic mass is 10.1. The third-order valence-electron chi connectivity index (χ3n) is 3.88. The Morgan fingerprint density at radius 1 is 0.960 bits per heavy atom. The first-order valence-electron chi connectivity index (χ1n) is 8.30. The minimum atomic E-state index is 0. The van der Waals surface area contributed by atoms with Gasteiger partial charge in [0.25, 0.3) is 0 Å². The fourth-order valence-corrected chi connectivity index (χ4v) is 2.60. The summed E-state index contributed by atoms with van der Waals surface area (Å²) in [4.78, 5) is 6.48. The second kappa shape index (κ2) is 11.1. The van der Waals surface area contributed by atoms with Gasteiger partial charge < -0.3 is 15.5 Å². The minimum absolute atomic E-state index is 0. The highest BCUT2D eigenvalue weighted by Gasteiger charge is 2.02. The van der Waals surface area contributed by atoms with Gasteiger partial charge in [-0.1, -0.05) is 48.5 Å². The van der Waals surface area contributed by atoms with E-state index in [4.69, 9.17) is 0 Å². The van der Waals surface area contributed by atoms with Crippen molar-refractivity contribution in [2.75, 3.05) is 21.1 Å². The van der Waals surface area contributed by atoms with Crippen molar-refractivity contribution >= 4 is 29.9 Å². The van der Waals surface area contributed by atoms with Gasteiger partial charge in [0.05, 0.1) is 0 Å². The zero-order valence-electron chi connectivity index (χ0n) is 15.5. The first kappa shape index (κ1) is 21.4. The van der Waals surface area contributed by atoms with E-state index in [9.17, 15) is 0 Å². The Hall–Kier alpha value is -1.60. The lowest BCUT2D eigenvalue weighted by molar-refractivity contribution is 0.402. The fraction of sp³-hybridized carbons (Fsp3) is 0.350. The molecule has 2 N–H and O–H groups in total. The van der Waals surface area contributed by atoms with Crippen LogP contribution in [-0.4, -0.2) is 32.0 Å².